The summed E-state index contributed by atoms with van der Waals surface area (Å²) in [5, 5.41) is -0.417. The lowest BCUT2D eigenvalue weighted by molar-refractivity contribution is -0.151. The molecule has 1 aromatic heterocycles. The smallest absolute Gasteiger partial charge is 0.417 e. The molecule has 0 saturated heterocycles. The number of Topliss-reactive ketones (excluding diaryl/α,β-unsaturated/α-hetero) is 1. The molecule has 8 heteroatoms. The topological polar surface area (TPSA) is 56.3 Å². The molecule has 1 unspecified atom stereocenters. The molecule has 116 valence electrons. The van der Waals surface area contributed by atoms with Gasteiger partial charge in [0.1, 0.15) is 0 Å². The third-order valence-corrected chi connectivity index (χ3v) is 3.40. The van der Waals surface area contributed by atoms with Gasteiger partial charge in [-0.2, -0.15) is 13.2 Å². The summed E-state index contributed by atoms with van der Waals surface area (Å²) in [5.41, 5.74) is -3.16. The Morgan fingerprint density at radius 1 is 1.38 bits per heavy atom. The van der Waals surface area contributed by atoms with Crippen molar-refractivity contribution in [3.8, 4) is 0 Å². The summed E-state index contributed by atoms with van der Waals surface area (Å²) in [4.78, 5) is 27.5. The van der Waals surface area contributed by atoms with Crippen molar-refractivity contribution in [2.75, 3.05) is 7.11 Å². The summed E-state index contributed by atoms with van der Waals surface area (Å²) in [5.74, 6) is -1.48. The minimum atomic E-state index is -4.62. The Labute approximate surface area is 124 Å². The maximum Gasteiger partial charge on any atom is 0.417 e. The summed E-state index contributed by atoms with van der Waals surface area (Å²) < 4.78 is 42.3. The molecule has 0 spiro atoms. The highest BCUT2D eigenvalue weighted by Crippen LogP contribution is 2.36. The first-order chi connectivity index (χ1) is 9.58. The molecule has 0 fully saturated rings. The number of ether oxygens (including phenoxy) is 1. The van der Waals surface area contributed by atoms with E-state index < -0.39 is 33.9 Å². The number of ketones is 1. The summed E-state index contributed by atoms with van der Waals surface area (Å²) in [6.07, 6.45) is -4.11. The van der Waals surface area contributed by atoms with Crippen LogP contribution in [0.2, 0.25) is 5.02 Å². The van der Waals surface area contributed by atoms with E-state index in [9.17, 15) is 22.8 Å². The summed E-state index contributed by atoms with van der Waals surface area (Å²) in [6, 6.07) is 0.633. The first kappa shape index (κ1) is 17.4. The predicted octanol–water partition coefficient (Wildman–Crippen LogP) is 3.16. The standard InChI is InChI=1S/C13H13ClF3NO3/c1-4-9(19)12(2,11(20)21-3)10-8(14)5-7(6-18-10)13(15,16)17/h5-6H,4H2,1-3H3. The number of alkyl halides is 3. The highest BCUT2D eigenvalue weighted by molar-refractivity contribution is 6.32. The van der Waals surface area contributed by atoms with Gasteiger partial charge in [-0.25, -0.2) is 0 Å². The van der Waals surface area contributed by atoms with Crippen LogP contribution >= 0.6 is 11.6 Å². The van der Waals surface area contributed by atoms with E-state index in [0.717, 1.165) is 7.11 Å². The molecule has 0 aromatic carbocycles. The number of pyridine rings is 1. The van der Waals surface area contributed by atoms with Crippen LogP contribution in [-0.2, 0) is 25.9 Å². The number of carbonyl (C=O) groups is 2. The average Bonchev–Trinajstić information content (AvgIpc) is 2.43. The molecule has 0 radical (unpaired) electrons. The highest BCUT2D eigenvalue weighted by atomic mass is 35.5. The minimum Gasteiger partial charge on any atom is -0.468 e. The Hall–Kier alpha value is -1.63. The van der Waals surface area contributed by atoms with Crippen molar-refractivity contribution in [3.05, 3.63) is 28.5 Å². The van der Waals surface area contributed by atoms with Gasteiger partial charge in [0.05, 0.1) is 23.4 Å². The quantitative estimate of drug-likeness (QED) is 0.631. The largest absolute Gasteiger partial charge is 0.468 e. The fraction of sp³-hybridized carbons (Fsp3) is 0.462. The van der Waals surface area contributed by atoms with Gasteiger partial charge in [-0.05, 0) is 13.0 Å². The van der Waals surface area contributed by atoms with Gasteiger partial charge in [0.2, 0.25) is 0 Å². The first-order valence-corrected chi connectivity index (χ1v) is 6.31. The molecule has 1 heterocycles. The van der Waals surface area contributed by atoms with Gasteiger partial charge in [-0.3, -0.25) is 14.6 Å². The van der Waals surface area contributed by atoms with E-state index in [2.05, 4.69) is 9.72 Å². The maximum absolute atomic E-state index is 12.6. The summed E-state index contributed by atoms with van der Waals surface area (Å²) in [6.45, 7) is 2.74. The van der Waals surface area contributed by atoms with Crippen LogP contribution in [-0.4, -0.2) is 23.8 Å². The van der Waals surface area contributed by atoms with Crippen molar-refractivity contribution >= 4 is 23.4 Å². The third-order valence-electron chi connectivity index (χ3n) is 3.11. The highest BCUT2D eigenvalue weighted by Gasteiger charge is 2.46. The van der Waals surface area contributed by atoms with Crippen LogP contribution in [0.4, 0.5) is 13.2 Å². The molecular formula is C13H13ClF3NO3. The van der Waals surface area contributed by atoms with Gasteiger partial charge in [-0.1, -0.05) is 18.5 Å². The molecule has 1 aromatic rings. The van der Waals surface area contributed by atoms with E-state index >= 15 is 0 Å². The molecule has 0 N–H and O–H groups in total. The second kappa shape index (κ2) is 6.01. The fourth-order valence-electron chi connectivity index (χ4n) is 1.86. The predicted molar refractivity (Wildman–Crippen MR) is 68.9 cm³/mol. The summed E-state index contributed by atoms with van der Waals surface area (Å²) in [7, 11) is 1.07. The van der Waals surface area contributed by atoms with E-state index in [0.29, 0.717) is 12.3 Å². The molecule has 0 aliphatic carbocycles. The minimum absolute atomic E-state index is 0.0232. The molecule has 0 saturated carbocycles. The fourth-order valence-corrected chi connectivity index (χ4v) is 2.22. The Morgan fingerprint density at radius 3 is 2.33 bits per heavy atom. The Kier molecular flexibility index (Phi) is 4.99. The zero-order valence-corrected chi connectivity index (χ0v) is 12.3. The van der Waals surface area contributed by atoms with Gasteiger partial charge >= 0.3 is 12.1 Å². The average molecular weight is 324 g/mol. The molecule has 0 bridgehead atoms. The molecule has 0 amide bonds. The number of rotatable bonds is 4. The molecular weight excluding hydrogens is 311 g/mol. The number of hydrogen-bond donors (Lipinski definition) is 0. The van der Waals surface area contributed by atoms with Crippen LogP contribution in [0.25, 0.3) is 0 Å². The summed E-state index contributed by atoms with van der Waals surface area (Å²) >= 11 is 5.80. The van der Waals surface area contributed by atoms with Crippen LogP contribution < -0.4 is 0 Å². The molecule has 1 atom stereocenters. The van der Waals surface area contributed by atoms with Gasteiger partial charge < -0.3 is 4.74 Å². The third kappa shape index (κ3) is 3.18. The Bertz CT molecular complexity index is 556. The lowest BCUT2D eigenvalue weighted by atomic mass is 9.80. The Morgan fingerprint density at radius 2 is 1.95 bits per heavy atom. The number of aromatic nitrogens is 1. The van der Waals surface area contributed by atoms with E-state index in [4.69, 9.17) is 11.6 Å². The number of nitrogens with zero attached hydrogens (tertiary/aromatic N) is 1. The zero-order valence-electron chi connectivity index (χ0n) is 11.5. The molecule has 0 aliphatic rings. The van der Waals surface area contributed by atoms with Gasteiger partial charge in [0.25, 0.3) is 0 Å². The number of carbonyl (C=O) groups excluding carboxylic acids is 2. The van der Waals surface area contributed by atoms with Crippen LogP contribution in [0.3, 0.4) is 0 Å². The number of hydrogen-bond acceptors (Lipinski definition) is 4. The molecule has 0 aliphatic heterocycles. The van der Waals surface area contributed by atoms with E-state index in [1.165, 1.54) is 13.8 Å². The van der Waals surface area contributed by atoms with Crippen LogP contribution in [0.1, 0.15) is 31.5 Å². The zero-order chi connectivity index (χ0) is 16.4. The van der Waals surface area contributed by atoms with E-state index in [1.54, 1.807) is 0 Å². The van der Waals surface area contributed by atoms with Crippen LogP contribution in [0.15, 0.2) is 12.3 Å². The number of methoxy groups -OCH3 is 1. The monoisotopic (exact) mass is 323 g/mol. The lowest BCUT2D eigenvalue weighted by Gasteiger charge is -2.25. The maximum atomic E-state index is 12.6. The van der Waals surface area contributed by atoms with Crippen molar-refractivity contribution < 1.29 is 27.5 Å². The van der Waals surface area contributed by atoms with Crippen LogP contribution in [0.5, 0.6) is 0 Å². The van der Waals surface area contributed by atoms with E-state index in [1.807, 2.05) is 0 Å². The number of esters is 1. The van der Waals surface area contributed by atoms with Gasteiger partial charge in [0, 0.05) is 12.6 Å². The van der Waals surface area contributed by atoms with Crippen molar-refractivity contribution in [3.63, 3.8) is 0 Å². The molecule has 1 rings (SSSR count). The van der Waals surface area contributed by atoms with E-state index in [-0.39, 0.29) is 12.1 Å². The Balaban J connectivity index is 3.47. The van der Waals surface area contributed by atoms with Crippen molar-refractivity contribution in [1.29, 1.82) is 0 Å². The SMILES string of the molecule is CCC(=O)C(C)(C(=O)OC)c1ncc(C(F)(F)F)cc1Cl. The normalized spacial score (nSPS) is 14.4. The first-order valence-electron chi connectivity index (χ1n) is 5.94. The second-order valence-corrected chi connectivity index (χ2v) is 4.85. The number of halogens is 4. The van der Waals surface area contributed by atoms with Crippen molar-refractivity contribution in [2.24, 2.45) is 0 Å². The van der Waals surface area contributed by atoms with Crippen molar-refractivity contribution in [1.82, 2.24) is 4.98 Å². The van der Waals surface area contributed by atoms with Crippen LogP contribution in [0, 0.1) is 0 Å². The lowest BCUT2D eigenvalue weighted by Crippen LogP contribution is -2.42. The van der Waals surface area contributed by atoms with Crippen molar-refractivity contribution in [2.45, 2.75) is 31.9 Å². The molecule has 4 nitrogen and oxygen atoms in total. The molecule has 21 heavy (non-hydrogen) atoms. The van der Waals surface area contributed by atoms with Gasteiger partial charge in [-0.15, -0.1) is 0 Å². The second-order valence-electron chi connectivity index (χ2n) is 4.45. The van der Waals surface area contributed by atoms with Gasteiger partial charge in [0.15, 0.2) is 11.2 Å².